The number of carbonyl (C=O) groups is 1. The van der Waals surface area contributed by atoms with Crippen LogP contribution in [0.15, 0.2) is 84.9 Å². The highest BCUT2D eigenvalue weighted by molar-refractivity contribution is 6.11. The average Bonchev–Trinajstić information content (AvgIpc) is 3.19. The van der Waals surface area contributed by atoms with E-state index in [0.717, 1.165) is 51.3 Å². The average molecular weight is 439 g/mol. The van der Waals surface area contributed by atoms with Crippen molar-refractivity contribution in [3.05, 3.63) is 108 Å². The van der Waals surface area contributed by atoms with E-state index in [1.807, 2.05) is 60.7 Å². The van der Waals surface area contributed by atoms with Crippen LogP contribution in [-0.2, 0) is 11.3 Å². The number of pyridine rings is 1. The summed E-state index contributed by atoms with van der Waals surface area (Å²) < 4.78 is 26.7. The number of halogens is 2. The quantitative estimate of drug-likeness (QED) is 0.331. The first-order valence-electron chi connectivity index (χ1n) is 10.4. The molecular formula is C27H19F2N3O. The number of benzene rings is 3. The maximum atomic E-state index is 13.3. The Morgan fingerprint density at radius 3 is 2.42 bits per heavy atom. The summed E-state index contributed by atoms with van der Waals surface area (Å²) in [5.74, 6) is -1.78. The van der Waals surface area contributed by atoms with E-state index in [-0.39, 0.29) is 18.0 Å². The minimum atomic E-state index is -0.695. The van der Waals surface area contributed by atoms with Crippen molar-refractivity contribution in [2.45, 2.75) is 6.54 Å². The molecule has 0 bridgehead atoms. The maximum absolute atomic E-state index is 13.3. The van der Waals surface area contributed by atoms with E-state index in [1.165, 1.54) is 12.2 Å². The zero-order chi connectivity index (χ0) is 22.8. The normalized spacial score (nSPS) is 11.5. The molecule has 2 N–H and O–H groups in total. The van der Waals surface area contributed by atoms with Crippen LogP contribution in [-0.4, -0.2) is 15.9 Å². The Kier molecular flexibility index (Phi) is 5.40. The lowest BCUT2D eigenvalue weighted by atomic mass is 10.1. The fourth-order valence-corrected chi connectivity index (χ4v) is 3.87. The molecular weight excluding hydrogens is 420 g/mol. The van der Waals surface area contributed by atoms with Gasteiger partial charge in [-0.05, 0) is 35.9 Å². The number of fused-ring (bicyclic) bond motifs is 3. The van der Waals surface area contributed by atoms with E-state index in [4.69, 9.17) is 4.98 Å². The van der Waals surface area contributed by atoms with E-state index in [1.54, 1.807) is 0 Å². The van der Waals surface area contributed by atoms with Crippen molar-refractivity contribution < 1.29 is 13.6 Å². The van der Waals surface area contributed by atoms with Crippen molar-refractivity contribution in [2.75, 3.05) is 0 Å². The van der Waals surface area contributed by atoms with Gasteiger partial charge >= 0.3 is 0 Å². The van der Waals surface area contributed by atoms with Gasteiger partial charge in [0.1, 0.15) is 11.6 Å². The third-order valence-corrected chi connectivity index (χ3v) is 5.35. The molecule has 0 radical (unpaired) electrons. The number of nitrogens with one attached hydrogen (secondary N) is 2. The van der Waals surface area contributed by atoms with E-state index >= 15 is 0 Å². The van der Waals surface area contributed by atoms with Gasteiger partial charge in [-0.3, -0.25) is 4.79 Å². The SMILES string of the molecule is O=C(/C=C/c1cc(F)cc(F)c1)NCc1cc2c([nH]c3ccccc32)c(-c2ccccc2)n1. The Hall–Kier alpha value is -4.32. The number of amides is 1. The summed E-state index contributed by atoms with van der Waals surface area (Å²) in [5.41, 5.74) is 4.69. The molecule has 0 aliphatic rings. The van der Waals surface area contributed by atoms with E-state index in [0.29, 0.717) is 5.69 Å². The van der Waals surface area contributed by atoms with Crippen LogP contribution in [0.4, 0.5) is 8.78 Å². The molecule has 0 atom stereocenters. The van der Waals surface area contributed by atoms with Crippen LogP contribution >= 0.6 is 0 Å². The third-order valence-electron chi connectivity index (χ3n) is 5.35. The first-order chi connectivity index (χ1) is 16.1. The first kappa shape index (κ1) is 20.6. The molecule has 0 saturated heterocycles. The number of hydrogen-bond donors (Lipinski definition) is 2. The van der Waals surface area contributed by atoms with Gasteiger partial charge in [-0.1, -0.05) is 48.5 Å². The summed E-state index contributed by atoms with van der Waals surface area (Å²) in [5, 5.41) is 4.90. The Labute approximate surface area is 188 Å². The van der Waals surface area contributed by atoms with E-state index < -0.39 is 11.6 Å². The molecule has 33 heavy (non-hydrogen) atoms. The molecule has 0 aliphatic heterocycles. The van der Waals surface area contributed by atoms with Crippen molar-refractivity contribution in [2.24, 2.45) is 0 Å². The number of rotatable bonds is 5. The maximum Gasteiger partial charge on any atom is 0.244 e. The minimum Gasteiger partial charge on any atom is -0.353 e. The van der Waals surface area contributed by atoms with Crippen LogP contribution in [0.1, 0.15) is 11.3 Å². The number of aromatic nitrogens is 2. The standard InChI is InChI=1S/C27H19F2N3O/c28-19-12-17(13-20(29)14-19)10-11-25(33)30-16-21-15-23-22-8-4-5-9-24(22)32-27(23)26(31-21)18-6-2-1-3-7-18/h1-15,32H,16H2,(H,30,33)/b11-10+. The molecule has 1 amide bonds. The highest BCUT2D eigenvalue weighted by atomic mass is 19.1. The number of carbonyl (C=O) groups excluding carboxylic acids is 1. The molecule has 0 aliphatic carbocycles. The molecule has 0 fully saturated rings. The monoisotopic (exact) mass is 439 g/mol. The molecule has 0 unspecified atom stereocenters. The van der Waals surface area contributed by atoms with Crippen LogP contribution in [0.5, 0.6) is 0 Å². The van der Waals surface area contributed by atoms with Crippen molar-refractivity contribution >= 4 is 33.8 Å². The van der Waals surface area contributed by atoms with Gasteiger partial charge in [-0.15, -0.1) is 0 Å². The number of aromatic amines is 1. The van der Waals surface area contributed by atoms with Crippen LogP contribution < -0.4 is 5.32 Å². The molecule has 162 valence electrons. The molecule has 4 nitrogen and oxygen atoms in total. The Balaban J connectivity index is 1.45. The second-order valence-corrected chi connectivity index (χ2v) is 7.68. The lowest BCUT2D eigenvalue weighted by Crippen LogP contribution is -2.21. The smallest absolute Gasteiger partial charge is 0.244 e. The molecule has 0 spiro atoms. The second-order valence-electron chi connectivity index (χ2n) is 7.68. The van der Waals surface area contributed by atoms with Gasteiger partial charge in [0.25, 0.3) is 0 Å². The van der Waals surface area contributed by atoms with Gasteiger partial charge < -0.3 is 10.3 Å². The van der Waals surface area contributed by atoms with Crippen LogP contribution in [0.25, 0.3) is 39.1 Å². The van der Waals surface area contributed by atoms with E-state index in [9.17, 15) is 13.6 Å². The summed E-state index contributed by atoms with van der Waals surface area (Å²) in [6.45, 7) is 0.204. The van der Waals surface area contributed by atoms with Gasteiger partial charge in [0.2, 0.25) is 5.91 Å². The first-order valence-corrected chi connectivity index (χ1v) is 10.4. The zero-order valence-electron chi connectivity index (χ0n) is 17.5. The third kappa shape index (κ3) is 4.36. The topological polar surface area (TPSA) is 57.8 Å². The molecule has 3 aromatic carbocycles. The van der Waals surface area contributed by atoms with Crippen molar-refractivity contribution in [3.63, 3.8) is 0 Å². The minimum absolute atomic E-state index is 0.204. The lowest BCUT2D eigenvalue weighted by Gasteiger charge is -2.08. The summed E-state index contributed by atoms with van der Waals surface area (Å²) in [6.07, 6.45) is 2.61. The van der Waals surface area contributed by atoms with Gasteiger partial charge in [0, 0.05) is 34.0 Å². The highest BCUT2D eigenvalue weighted by Crippen LogP contribution is 2.32. The second kappa shape index (κ2) is 8.67. The van der Waals surface area contributed by atoms with Gasteiger partial charge in [0.15, 0.2) is 0 Å². The molecule has 2 aromatic heterocycles. The number of hydrogen-bond acceptors (Lipinski definition) is 2. The van der Waals surface area contributed by atoms with Gasteiger partial charge in [0.05, 0.1) is 23.4 Å². The molecule has 2 heterocycles. The Bertz CT molecular complexity index is 1490. The number of nitrogens with zero attached hydrogens (tertiary/aromatic N) is 1. The van der Waals surface area contributed by atoms with Crippen molar-refractivity contribution in [1.29, 1.82) is 0 Å². The van der Waals surface area contributed by atoms with Gasteiger partial charge in [-0.25, -0.2) is 13.8 Å². The molecule has 0 saturated carbocycles. The van der Waals surface area contributed by atoms with Crippen LogP contribution in [0.2, 0.25) is 0 Å². The predicted molar refractivity (Wildman–Crippen MR) is 126 cm³/mol. The summed E-state index contributed by atoms with van der Waals surface area (Å²) in [7, 11) is 0. The van der Waals surface area contributed by atoms with Crippen molar-refractivity contribution in [3.8, 4) is 11.3 Å². The lowest BCUT2D eigenvalue weighted by molar-refractivity contribution is -0.116. The summed E-state index contributed by atoms with van der Waals surface area (Å²) >= 11 is 0. The Morgan fingerprint density at radius 2 is 1.64 bits per heavy atom. The highest BCUT2D eigenvalue weighted by Gasteiger charge is 2.13. The summed E-state index contributed by atoms with van der Waals surface area (Å²) in [4.78, 5) is 20.6. The largest absolute Gasteiger partial charge is 0.353 e. The molecule has 6 heteroatoms. The van der Waals surface area contributed by atoms with Gasteiger partial charge in [-0.2, -0.15) is 0 Å². The zero-order valence-corrected chi connectivity index (χ0v) is 17.5. The van der Waals surface area contributed by atoms with Crippen molar-refractivity contribution in [1.82, 2.24) is 15.3 Å². The number of H-pyrrole nitrogens is 1. The molecule has 5 rings (SSSR count). The van der Waals surface area contributed by atoms with E-state index in [2.05, 4.69) is 10.3 Å². The number of para-hydroxylation sites is 1. The van der Waals surface area contributed by atoms with Crippen LogP contribution in [0.3, 0.4) is 0 Å². The predicted octanol–water partition coefficient (Wildman–Crippen LogP) is 5.99. The Morgan fingerprint density at radius 1 is 0.909 bits per heavy atom. The summed E-state index contributed by atoms with van der Waals surface area (Å²) in [6, 6.07) is 23.0. The molecule has 5 aromatic rings. The van der Waals surface area contributed by atoms with Crippen LogP contribution in [0, 0.1) is 11.6 Å². The fraction of sp³-hybridized carbons (Fsp3) is 0.0370. The fourth-order valence-electron chi connectivity index (χ4n) is 3.87.